The molecule has 0 bridgehead atoms. The SMILES string of the molecule is Cc1oc(-c2ccccc2)nc1CCOc1cccc(CO)c1. The summed E-state index contributed by atoms with van der Waals surface area (Å²) in [6.45, 7) is 2.44. The summed E-state index contributed by atoms with van der Waals surface area (Å²) in [4.78, 5) is 4.56. The first-order chi connectivity index (χ1) is 11.3. The summed E-state index contributed by atoms with van der Waals surface area (Å²) in [5.74, 6) is 2.21. The number of nitrogens with zero attached hydrogens (tertiary/aromatic N) is 1. The number of aryl methyl sites for hydroxylation is 1. The van der Waals surface area contributed by atoms with Crippen LogP contribution in [0.5, 0.6) is 5.75 Å². The minimum absolute atomic E-state index is 0.0139. The Bertz CT molecular complexity index is 765. The van der Waals surface area contributed by atoms with Crippen LogP contribution in [0, 0.1) is 6.92 Å². The second kappa shape index (κ2) is 7.11. The number of hydrogen-bond acceptors (Lipinski definition) is 4. The molecule has 4 heteroatoms. The van der Waals surface area contributed by atoms with Crippen molar-refractivity contribution in [2.24, 2.45) is 0 Å². The lowest BCUT2D eigenvalue weighted by Gasteiger charge is -2.06. The molecule has 2 aromatic carbocycles. The molecular weight excluding hydrogens is 290 g/mol. The summed E-state index contributed by atoms with van der Waals surface area (Å²) in [5.41, 5.74) is 2.71. The number of aliphatic hydroxyl groups excluding tert-OH is 1. The number of hydrogen-bond donors (Lipinski definition) is 1. The van der Waals surface area contributed by atoms with Crippen molar-refractivity contribution in [2.45, 2.75) is 20.0 Å². The van der Waals surface area contributed by atoms with Crippen LogP contribution >= 0.6 is 0 Å². The molecule has 118 valence electrons. The Morgan fingerprint density at radius 3 is 2.70 bits per heavy atom. The van der Waals surface area contributed by atoms with E-state index in [-0.39, 0.29) is 6.61 Å². The van der Waals surface area contributed by atoms with Gasteiger partial charge in [-0.3, -0.25) is 0 Å². The third-order valence-corrected chi connectivity index (χ3v) is 3.60. The second-order valence-corrected chi connectivity index (χ2v) is 5.29. The van der Waals surface area contributed by atoms with E-state index >= 15 is 0 Å². The Kier molecular flexibility index (Phi) is 4.74. The molecule has 0 unspecified atom stereocenters. The Morgan fingerprint density at radius 2 is 1.91 bits per heavy atom. The normalized spacial score (nSPS) is 10.7. The number of ether oxygens (including phenoxy) is 1. The molecule has 1 N–H and O–H groups in total. The molecule has 0 aliphatic carbocycles. The van der Waals surface area contributed by atoms with Gasteiger partial charge in [-0.05, 0) is 36.8 Å². The summed E-state index contributed by atoms with van der Waals surface area (Å²) in [6.07, 6.45) is 0.672. The Balaban J connectivity index is 1.63. The molecule has 1 aromatic heterocycles. The quantitative estimate of drug-likeness (QED) is 0.753. The highest BCUT2D eigenvalue weighted by atomic mass is 16.5. The third kappa shape index (κ3) is 3.79. The van der Waals surface area contributed by atoms with Gasteiger partial charge in [0.05, 0.1) is 18.9 Å². The highest BCUT2D eigenvalue weighted by molar-refractivity contribution is 5.53. The molecule has 3 rings (SSSR count). The van der Waals surface area contributed by atoms with Crippen LogP contribution in [0.3, 0.4) is 0 Å². The minimum atomic E-state index is 0.0139. The summed E-state index contributed by atoms with van der Waals surface area (Å²) in [7, 11) is 0. The topological polar surface area (TPSA) is 55.5 Å². The van der Waals surface area contributed by atoms with E-state index in [1.807, 2.05) is 61.5 Å². The molecule has 3 aromatic rings. The van der Waals surface area contributed by atoms with Gasteiger partial charge in [0.2, 0.25) is 5.89 Å². The van der Waals surface area contributed by atoms with Gasteiger partial charge in [-0.15, -0.1) is 0 Å². The molecule has 0 fully saturated rings. The van der Waals surface area contributed by atoms with Crippen molar-refractivity contribution in [1.82, 2.24) is 4.98 Å². The van der Waals surface area contributed by atoms with Gasteiger partial charge in [-0.2, -0.15) is 0 Å². The zero-order valence-electron chi connectivity index (χ0n) is 13.0. The van der Waals surface area contributed by atoms with Gasteiger partial charge in [-0.1, -0.05) is 30.3 Å². The lowest BCUT2D eigenvalue weighted by atomic mass is 10.2. The van der Waals surface area contributed by atoms with Crippen molar-refractivity contribution in [1.29, 1.82) is 0 Å². The van der Waals surface area contributed by atoms with E-state index in [1.54, 1.807) is 0 Å². The fourth-order valence-corrected chi connectivity index (χ4v) is 2.36. The summed E-state index contributed by atoms with van der Waals surface area (Å²) < 4.78 is 11.5. The van der Waals surface area contributed by atoms with E-state index in [2.05, 4.69) is 4.98 Å². The van der Waals surface area contributed by atoms with Gasteiger partial charge < -0.3 is 14.3 Å². The smallest absolute Gasteiger partial charge is 0.226 e. The molecule has 0 spiro atoms. The largest absolute Gasteiger partial charge is 0.493 e. The number of aliphatic hydroxyl groups is 1. The maximum absolute atomic E-state index is 9.13. The van der Waals surface area contributed by atoms with Gasteiger partial charge >= 0.3 is 0 Å². The molecule has 0 saturated heterocycles. The van der Waals surface area contributed by atoms with Gasteiger partial charge in [0.1, 0.15) is 11.5 Å². The summed E-state index contributed by atoms with van der Waals surface area (Å²) >= 11 is 0. The number of rotatable bonds is 6. The average Bonchev–Trinajstić information content (AvgIpc) is 2.97. The number of aromatic nitrogens is 1. The van der Waals surface area contributed by atoms with Crippen LogP contribution in [0.15, 0.2) is 59.0 Å². The Hall–Kier alpha value is -2.59. The number of oxazole rings is 1. The van der Waals surface area contributed by atoms with E-state index in [1.165, 1.54) is 0 Å². The fourth-order valence-electron chi connectivity index (χ4n) is 2.36. The Labute approximate surface area is 135 Å². The zero-order chi connectivity index (χ0) is 16.1. The molecular formula is C19H19NO3. The minimum Gasteiger partial charge on any atom is -0.493 e. The molecule has 4 nitrogen and oxygen atoms in total. The van der Waals surface area contributed by atoms with Crippen LogP contribution < -0.4 is 4.74 Å². The lowest BCUT2D eigenvalue weighted by Crippen LogP contribution is -2.03. The molecule has 0 radical (unpaired) electrons. The molecule has 0 amide bonds. The fraction of sp³-hybridized carbons (Fsp3) is 0.211. The Morgan fingerprint density at radius 1 is 1.09 bits per heavy atom. The van der Waals surface area contributed by atoms with Crippen molar-refractivity contribution in [3.05, 3.63) is 71.6 Å². The molecule has 0 aliphatic rings. The first-order valence-corrected chi connectivity index (χ1v) is 7.60. The van der Waals surface area contributed by atoms with E-state index in [0.717, 1.165) is 28.3 Å². The predicted octanol–water partition coefficient (Wildman–Crippen LogP) is 3.76. The van der Waals surface area contributed by atoms with Crippen LogP contribution in [-0.4, -0.2) is 16.7 Å². The highest BCUT2D eigenvalue weighted by Crippen LogP contribution is 2.22. The van der Waals surface area contributed by atoms with Gasteiger partial charge in [0, 0.05) is 12.0 Å². The zero-order valence-corrected chi connectivity index (χ0v) is 13.0. The van der Waals surface area contributed by atoms with Gasteiger partial charge in [0.25, 0.3) is 0 Å². The molecule has 1 heterocycles. The summed E-state index contributed by atoms with van der Waals surface area (Å²) in [5, 5.41) is 9.13. The second-order valence-electron chi connectivity index (χ2n) is 5.29. The van der Waals surface area contributed by atoms with Gasteiger partial charge in [0.15, 0.2) is 0 Å². The standard InChI is InChI=1S/C19H19NO3/c1-14-18(20-19(23-14)16-7-3-2-4-8-16)10-11-22-17-9-5-6-15(12-17)13-21/h2-9,12,21H,10-11,13H2,1H3. The van der Waals surface area contributed by atoms with Gasteiger partial charge in [-0.25, -0.2) is 4.98 Å². The summed E-state index contributed by atoms with van der Waals surface area (Å²) in [6, 6.07) is 17.3. The molecule has 0 atom stereocenters. The van der Waals surface area contributed by atoms with Crippen molar-refractivity contribution in [3.63, 3.8) is 0 Å². The first-order valence-electron chi connectivity index (χ1n) is 7.60. The number of benzene rings is 2. The highest BCUT2D eigenvalue weighted by Gasteiger charge is 2.11. The van der Waals surface area contributed by atoms with E-state index in [9.17, 15) is 0 Å². The van der Waals surface area contributed by atoms with E-state index < -0.39 is 0 Å². The monoisotopic (exact) mass is 309 g/mol. The van der Waals surface area contributed by atoms with Crippen molar-refractivity contribution in [3.8, 4) is 17.2 Å². The first kappa shape index (κ1) is 15.3. The van der Waals surface area contributed by atoms with E-state index in [4.69, 9.17) is 14.3 Å². The van der Waals surface area contributed by atoms with Crippen LogP contribution in [0.25, 0.3) is 11.5 Å². The maximum Gasteiger partial charge on any atom is 0.226 e. The van der Waals surface area contributed by atoms with Crippen molar-refractivity contribution in [2.75, 3.05) is 6.61 Å². The van der Waals surface area contributed by atoms with E-state index in [0.29, 0.717) is 18.9 Å². The third-order valence-electron chi connectivity index (χ3n) is 3.60. The predicted molar refractivity (Wildman–Crippen MR) is 88.2 cm³/mol. The van der Waals surface area contributed by atoms with Crippen LogP contribution in [-0.2, 0) is 13.0 Å². The van der Waals surface area contributed by atoms with Crippen LogP contribution in [0.4, 0.5) is 0 Å². The molecule has 23 heavy (non-hydrogen) atoms. The average molecular weight is 309 g/mol. The maximum atomic E-state index is 9.13. The lowest BCUT2D eigenvalue weighted by molar-refractivity contribution is 0.279. The van der Waals surface area contributed by atoms with Crippen molar-refractivity contribution >= 4 is 0 Å². The van der Waals surface area contributed by atoms with Crippen LogP contribution in [0.2, 0.25) is 0 Å². The van der Waals surface area contributed by atoms with Crippen LogP contribution in [0.1, 0.15) is 17.0 Å². The van der Waals surface area contributed by atoms with Crippen molar-refractivity contribution < 1.29 is 14.3 Å². The molecule has 0 saturated carbocycles. The molecule has 0 aliphatic heterocycles.